The van der Waals surface area contributed by atoms with Crippen molar-refractivity contribution in [3.05, 3.63) is 55.7 Å². The Kier molecular flexibility index (Phi) is 3.96. The third-order valence-electron chi connectivity index (χ3n) is 5.00. The zero-order chi connectivity index (χ0) is 19.5. The van der Waals surface area contributed by atoms with Gasteiger partial charge in [-0.2, -0.15) is 10.1 Å². The van der Waals surface area contributed by atoms with E-state index < -0.39 is 5.69 Å². The van der Waals surface area contributed by atoms with Crippen LogP contribution in [0.15, 0.2) is 39.0 Å². The fourth-order valence-corrected chi connectivity index (χ4v) is 3.51. The summed E-state index contributed by atoms with van der Waals surface area (Å²) in [5, 5.41) is 6.67. The van der Waals surface area contributed by atoms with Crippen molar-refractivity contribution in [3.8, 4) is 0 Å². The van der Waals surface area contributed by atoms with E-state index in [-0.39, 0.29) is 18.1 Å². The maximum atomic E-state index is 13.3. The van der Waals surface area contributed by atoms with Gasteiger partial charge in [-0.05, 0) is 31.5 Å². The molecule has 4 rings (SSSR count). The van der Waals surface area contributed by atoms with Crippen LogP contribution < -0.4 is 16.3 Å². The Morgan fingerprint density at radius 1 is 1.15 bits per heavy atom. The van der Waals surface area contributed by atoms with Crippen LogP contribution in [-0.2, 0) is 13.6 Å². The number of fused-ring (bicyclic) bond motifs is 3. The Bertz CT molecular complexity index is 1200. The number of rotatable bonds is 2. The molecule has 3 heterocycles. The lowest BCUT2D eigenvalue weighted by Gasteiger charge is -2.26. The van der Waals surface area contributed by atoms with Gasteiger partial charge >= 0.3 is 5.69 Å². The molecule has 1 aliphatic heterocycles. The van der Waals surface area contributed by atoms with Crippen molar-refractivity contribution in [2.75, 3.05) is 12.1 Å². The lowest BCUT2D eigenvalue weighted by molar-refractivity contribution is 0.638. The van der Waals surface area contributed by atoms with E-state index in [0.29, 0.717) is 22.1 Å². The predicted molar refractivity (Wildman–Crippen MR) is 106 cm³/mol. The summed E-state index contributed by atoms with van der Waals surface area (Å²) >= 11 is 5.93. The van der Waals surface area contributed by atoms with Gasteiger partial charge in [-0.15, -0.1) is 0 Å². The molecule has 0 N–H and O–H groups in total. The average molecular weight is 387 g/mol. The molecule has 0 radical (unpaired) electrons. The molecule has 27 heavy (non-hydrogen) atoms. The summed E-state index contributed by atoms with van der Waals surface area (Å²) in [6, 6.07) is 6.95. The van der Waals surface area contributed by atoms with Gasteiger partial charge in [0.25, 0.3) is 5.56 Å². The van der Waals surface area contributed by atoms with Crippen LogP contribution in [-0.4, -0.2) is 31.4 Å². The molecular weight excluding hydrogens is 368 g/mol. The standard InChI is InChI=1S/C18H19ClN6O2/c1-10-11(2)25-14-15(20-17(25)23(4)21-10)22(3)18(27)24(16(14)26)9-12-5-7-13(19)8-6-12/h5-8,11H,9H2,1-4H3/t11-/m0/s1. The van der Waals surface area contributed by atoms with E-state index in [4.69, 9.17) is 11.6 Å². The van der Waals surface area contributed by atoms with Gasteiger partial charge in [0.2, 0.25) is 5.95 Å². The topological polar surface area (TPSA) is 77.4 Å². The normalized spacial score (nSPS) is 16.6. The van der Waals surface area contributed by atoms with Crippen molar-refractivity contribution in [2.45, 2.75) is 26.4 Å². The first-order valence-electron chi connectivity index (χ1n) is 8.54. The van der Waals surface area contributed by atoms with E-state index in [1.807, 2.05) is 18.4 Å². The van der Waals surface area contributed by atoms with E-state index in [1.165, 1.54) is 9.13 Å². The first-order chi connectivity index (χ1) is 12.8. The third-order valence-corrected chi connectivity index (χ3v) is 5.25. The number of benzene rings is 1. The second-order valence-corrected chi connectivity index (χ2v) is 7.19. The van der Waals surface area contributed by atoms with Crippen LogP contribution in [0.25, 0.3) is 11.2 Å². The van der Waals surface area contributed by atoms with Crippen molar-refractivity contribution in [1.82, 2.24) is 18.7 Å². The summed E-state index contributed by atoms with van der Waals surface area (Å²) in [6.07, 6.45) is 0. The molecule has 0 saturated carbocycles. The molecule has 1 aromatic carbocycles. The summed E-state index contributed by atoms with van der Waals surface area (Å²) in [4.78, 5) is 30.6. The van der Waals surface area contributed by atoms with Crippen LogP contribution in [0.5, 0.6) is 0 Å². The fraction of sp³-hybridized carbons (Fsp3) is 0.333. The van der Waals surface area contributed by atoms with Gasteiger partial charge in [-0.3, -0.25) is 18.5 Å². The van der Waals surface area contributed by atoms with Crippen molar-refractivity contribution < 1.29 is 0 Å². The molecule has 0 spiro atoms. The van der Waals surface area contributed by atoms with E-state index in [0.717, 1.165) is 11.3 Å². The minimum Gasteiger partial charge on any atom is -0.294 e. The van der Waals surface area contributed by atoms with Crippen LogP contribution >= 0.6 is 11.6 Å². The van der Waals surface area contributed by atoms with Gasteiger partial charge in [0.1, 0.15) is 0 Å². The quantitative estimate of drug-likeness (QED) is 0.674. The van der Waals surface area contributed by atoms with Crippen LogP contribution in [0.2, 0.25) is 5.02 Å². The number of hydrazone groups is 1. The molecule has 140 valence electrons. The van der Waals surface area contributed by atoms with E-state index >= 15 is 0 Å². The number of hydrogen-bond donors (Lipinski definition) is 0. The van der Waals surface area contributed by atoms with Gasteiger partial charge < -0.3 is 0 Å². The molecule has 8 nitrogen and oxygen atoms in total. The highest BCUT2D eigenvalue weighted by Crippen LogP contribution is 2.28. The van der Waals surface area contributed by atoms with E-state index in [9.17, 15) is 9.59 Å². The average Bonchev–Trinajstić information content (AvgIpc) is 3.05. The van der Waals surface area contributed by atoms with Gasteiger partial charge in [-0.1, -0.05) is 23.7 Å². The number of aromatic nitrogens is 4. The number of halogens is 1. The van der Waals surface area contributed by atoms with Gasteiger partial charge in [0, 0.05) is 19.1 Å². The maximum Gasteiger partial charge on any atom is 0.332 e. The first-order valence-corrected chi connectivity index (χ1v) is 8.92. The van der Waals surface area contributed by atoms with Crippen LogP contribution in [0.4, 0.5) is 5.95 Å². The van der Waals surface area contributed by atoms with Crippen molar-refractivity contribution >= 4 is 34.4 Å². The van der Waals surface area contributed by atoms with Crippen LogP contribution in [0.3, 0.4) is 0 Å². The summed E-state index contributed by atoms with van der Waals surface area (Å²) in [5.41, 5.74) is 1.66. The van der Waals surface area contributed by atoms with Crippen LogP contribution in [0.1, 0.15) is 25.5 Å². The molecule has 0 amide bonds. The Morgan fingerprint density at radius 3 is 2.48 bits per heavy atom. The number of hydrogen-bond acceptors (Lipinski definition) is 5. The smallest absolute Gasteiger partial charge is 0.294 e. The van der Waals surface area contributed by atoms with Gasteiger partial charge in [-0.25, -0.2) is 9.80 Å². The second-order valence-electron chi connectivity index (χ2n) is 6.75. The molecule has 1 aliphatic rings. The molecule has 0 saturated heterocycles. The van der Waals surface area contributed by atoms with Gasteiger partial charge in [0.15, 0.2) is 11.2 Å². The molecule has 0 aliphatic carbocycles. The molecule has 3 aromatic rings. The number of anilines is 1. The maximum absolute atomic E-state index is 13.3. The SMILES string of the molecule is CC1=NN(C)c2nc3c(c(=O)n(Cc4ccc(Cl)cc4)c(=O)n3C)n2[C@H]1C. The predicted octanol–water partition coefficient (Wildman–Crippen LogP) is 1.99. The monoisotopic (exact) mass is 386 g/mol. The minimum atomic E-state index is -0.411. The fourth-order valence-electron chi connectivity index (χ4n) is 3.39. The molecule has 9 heteroatoms. The number of nitrogens with zero attached hydrogens (tertiary/aromatic N) is 6. The zero-order valence-electron chi connectivity index (χ0n) is 15.5. The first kappa shape index (κ1) is 17.5. The third kappa shape index (κ3) is 2.59. The molecule has 1 atom stereocenters. The number of imidazole rings is 1. The van der Waals surface area contributed by atoms with Crippen molar-refractivity contribution in [3.63, 3.8) is 0 Å². The Balaban J connectivity index is 1.99. The highest BCUT2D eigenvalue weighted by Gasteiger charge is 2.29. The largest absolute Gasteiger partial charge is 0.332 e. The van der Waals surface area contributed by atoms with Crippen LogP contribution in [0, 0.1) is 0 Å². The second kappa shape index (κ2) is 6.09. The zero-order valence-corrected chi connectivity index (χ0v) is 16.2. The molecule has 0 bridgehead atoms. The summed E-state index contributed by atoms with van der Waals surface area (Å²) in [7, 11) is 3.40. The summed E-state index contributed by atoms with van der Waals surface area (Å²) in [5.74, 6) is 0.541. The number of aryl methyl sites for hydroxylation is 1. The van der Waals surface area contributed by atoms with E-state index in [2.05, 4.69) is 10.1 Å². The Labute approximate surface area is 159 Å². The lowest BCUT2D eigenvalue weighted by atomic mass is 10.2. The Hall–Kier alpha value is -2.87. The Morgan fingerprint density at radius 2 is 1.81 bits per heavy atom. The summed E-state index contributed by atoms with van der Waals surface area (Å²) < 4.78 is 4.49. The molecular formula is C18H19ClN6O2. The highest BCUT2D eigenvalue weighted by molar-refractivity contribution is 6.30. The minimum absolute atomic E-state index is 0.129. The van der Waals surface area contributed by atoms with E-state index in [1.54, 1.807) is 43.4 Å². The highest BCUT2D eigenvalue weighted by atomic mass is 35.5. The molecule has 0 unspecified atom stereocenters. The van der Waals surface area contributed by atoms with Gasteiger partial charge in [0.05, 0.1) is 18.3 Å². The lowest BCUT2D eigenvalue weighted by Crippen LogP contribution is -2.40. The van der Waals surface area contributed by atoms with Crippen molar-refractivity contribution in [1.29, 1.82) is 0 Å². The summed E-state index contributed by atoms with van der Waals surface area (Å²) in [6.45, 7) is 4.03. The van der Waals surface area contributed by atoms with Crippen molar-refractivity contribution in [2.24, 2.45) is 12.1 Å². The molecule has 0 fully saturated rings. The molecule has 2 aromatic heterocycles.